The molecule has 0 unspecified atom stereocenters. The number of para-hydroxylation sites is 2. The van der Waals surface area contributed by atoms with Crippen molar-refractivity contribution in [2.75, 3.05) is 4.90 Å². The van der Waals surface area contributed by atoms with Crippen LogP contribution < -0.4 is 4.90 Å². The molecule has 2 aliphatic rings. The lowest BCUT2D eigenvalue weighted by atomic mass is 9.82. The fourth-order valence-corrected chi connectivity index (χ4v) is 9.94. The summed E-state index contributed by atoms with van der Waals surface area (Å²) in [5, 5.41) is 2.25. The third-order valence-corrected chi connectivity index (χ3v) is 12.7. The van der Waals surface area contributed by atoms with Crippen LogP contribution in [0.3, 0.4) is 0 Å². The molecule has 1 aromatic heterocycles. The van der Waals surface area contributed by atoms with Gasteiger partial charge in [0.2, 0.25) is 0 Å². The Balaban J connectivity index is 1.17. The number of hydrogen-bond acceptors (Lipinski definition) is 2. The molecule has 9 aromatic rings. The normalized spacial score (nSPS) is 14.4. The lowest BCUT2D eigenvalue weighted by Gasteiger charge is -2.31. The van der Waals surface area contributed by atoms with E-state index in [1.807, 2.05) is 6.07 Å². The van der Waals surface area contributed by atoms with Crippen LogP contribution in [0, 0.1) is 0 Å². The number of fused-ring (bicyclic) bond motifs is 9. The van der Waals surface area contributed by atoms with Crippen molar-refractivity contribution in [3.63, 3.8) is 0 Å². The highest BCUT2D eigenvalue weighted by molar-refractivity contribution is 6.07. The summed E-state index contributed by atoms with van der Waals surface area (Å²) in [7, 11) is 0. The predicted octanol–water partition coefficient (Wildman–Crippen LogP) is 15.0. The zero-order valence-electron chi connectivity index (χ0n) is 32.1. The Labute approximate surface area is 328 Å². The molecule has 2 heteroatoms. The van der Waals surface area contributed by atoms with Gasteiger partial charge in [0.25, 0.3) is 0 Å². The third-order valence-electron chi connectivity index (χ3n) is 12.7. The number of anilines is 3. The van der Waals surface area contributed by atoms with Crippen LogP contribution in [-0.4, -0.2) is 0 Å². The van der Waals surface area contributed by atoms with Crippen LogP contribution in [0.5, 0.6) is 0 Å². The van der Waals surface area contributed by atoms with E-state index < -0.39 is 0 Å². The van der Waals surface area contributed by atoms with Gasteiger partial charge in [0.05, 0.1) is 11.4 Å². The average molecular weight is 720 g/mol. The number of nitrogens with zero attached hydrogens (tertiary/aromatic N) is 1. The molecule has 1 heterocycles. The van der Waals surface area contributed by atoms with Gasteiger partial charge in [-0.05, 0) is 98.1 Å². The molecule has 0 saturated heterocycles. The van der Waals surface area contributed by atoms with Gasteiger partial charge in [-0.3, -0.25) is 0 Å². The van der Waals surface area contributed by atoms with Gasteiger partial charge in [-0.1, -0.05) is 161 Å². The van der Waals surface area contributed by atoms with E-state index in [1.54, 1.807) is 0 Å². The van der Waals surface area contributed by atoms with Gasteiger partial charge in [-0.2, -0.15) is 0 Å². The van der Waals surface area contributed by atoms with E-state index in [2.05, 4.69) is 202 Å². The van der Waals surface area contributed by atoms with Crippen LogP contribution in [0.1, 0.15) is 49.9 Å². The van der Waals surface area contributed by atoms with Crippen molar-refractivity contribution in [3.8, 4) is 44.5 Å². The molecule has 11 rings (SSSR count). The van der Waals surface area contributed by atoms with E-state index >= 15 is 0 Å². The van der Waals surface area contributed by atoms with Crippen molar-refractivity contribution in [1.82, 2.24) is 0 Å². The van der Waals surface area contributed by atoms with Crippen molar-refractivity contribution >= 4 is 39.0 Å². The van der Waals surface area contributed by atoms with Crippen LogP contribution in [0.15, 0.2) is 180 Å². The third kappa shape index (κ3) is 4.62. The first-order valence-electron chi connectivity index (χ1n) is 19.7. The SMILES string of the molecule is CC1(C)c2ccccc2-c2c(-c3cccc(N(c4ccccc4-c4ccc5oc6ccccc6c5c4)c4cccc5c4-c4ccccc4C5(C)C)c3)cccc21. The van der Waals surface area contributed by atoms with Crippen LogP contribution in [0.2, 0.25) is 0 Å². The minimum Gasteiger partial charge on any atom is -0.456 e. The predicted molar refractivity (Wildman–Crippen MR) is 234 cm³/mol. The Hall–Kier alpha value is -6.64. The van der Waals surface area contributed by atoms with Crippen LogP contribution in [-0.2, 0) is 10.8 Å². The van der Waals surface area contributed by atoms with E-state index in [4.69, 9.17) is 4.42 Å². The van der Waals surface area contributed by atoms with Crippen molar-refractivity contribution in [3.05, 3.63) is 198 Å². The summed E-state index contributed by atoms with van der Waals surface area (Å²) in [5.41, 5.74) is 20.5. The van der Waals surface area contributed by atoms with Crippen molar-refractivity contribution in [2.24, 2.45) is 0 Å². The maximum atomic E-state index is 6.27. The maximum Gasteiger partial charge on any atom is 0.135 e. The van der Waals surface area contributed by atoms with Crippen molar-refractivity contribution in [2.45, 2.75) is 38.5 Å². The summed E-state index contributed by atoms with van der Waals surface area (Å²) in [6.07, 6.45) is 0. The highest BCUT2D eigenvalue weighted by Gasteiger charge is 2.39. The lowest BCUT2D eigenvalue weighted by molar-refractivity contribution is 0.660. The van der Waals surface area contributed by atoms with E-state index in [9.17, 15) is 0 Å². The molecule has 0 fully saturated rings. The first kappa shape index (κ1) is 32.8. The summed E-state index contributed by atoms with van der Waals surface area (Å²) in [6.45, 7) is 9.44. The minimum absolute atomic E-state index is 0.0727. The molecule has 0 bridgehead atoms. The Bertz CT molecular complexity index is 3050. The number of furan rings is 1. The zero-order chi connectivity index (χ0) is 37.8. The topological polar surface area (TPSA) is 16.4 Å². The molecule has 0 radical (unpaired) electrons. The minimum atomic E-state index is -0.132. The highest BCUT2D eigenvalue weighted by Crippen LogP contribution is 2.56. The molecule has 268 valence electrons. The summed E-state index contributed by atoms with van der Waals surface area (Å²) < 4.78 is 6.27. The molecule has 2 nitrogen and oxygen atoms in total. The van der Waals surface area contributed by atoms with E-state index in [-0.39, 0.29) is 10.8 Å². The second-order valence-electron chi connectivity index (χ2n) is 16.5. The fourth-order valence-electron chi connectivity index (χ4n) is 9.94. The summed E-state index contributed by atoms with van der Waals surface area (Å²) in [6, 6.07) is 64.7. The number of benzene rings is 8. The summed E-state index contributed by atoms with van der Waals surface area (Å²) in [5.74, 6) is 0. The molecule has 0 N–H and O–H groups in total. The van der Waals surface area contributed by atoms with Gasteiger partial charge < -0.3 is 9.32 Å². The molecule has 56 heavy (non-hydrogen) atoms. The summed E-state index contributed by atoms with van der Waals surface area (Å²) in [4.78, 5) is 2.51. The number of rotatable bonds is 5. The molecule has 0 spiro atoms. The average Bonchev–Trinajstić information content (AvgIpc) is 3.81. The first-order valence-corrected chi connectivity index (χ1v) is 19.7. The quantitative estimate of drug-likeness (QED) is 0.176. The van der Waals surface area contributed by atoms with E-state index in [0.29, 0.717) is 0 Å². The standard InChI is InChI=1S/C54H41NO/c1-53(2)43-23-9-5-20-40(43)51-38(22-14-25-45(51)53)34-16-13-17-36(32-34)55(48-28-15-26-46-52(48)41-21-6-10-24-44(41)54(46,3)4)47-27-11-7-18-37(47)35-30-31-50-42(33-35)39-19-8-12-29-49(39)56-50/h5-33H,1-4H3. The second kappa shape index (κ2) is 11.9. The molecule has 0 saturated carbocycles. The van der Waals surface area contributed by atoms with Crippen molar-refractivity contribution < 1.29 is 4.42 Å². The largest absolute Gasteiger partial charge is 0.456 e. The first-order chi connectivity index (χ1) is 27.3. The number of hydrogen-bond donors (Lipinski definition) is 0. The Morgan fingerprint density at radius 1 is 0.375 bits per heavy atom. The molecule has 0 amide bonds. The second-order valence-corrected chi connectivity index (χ2v) is 16.5. The van der Waals surface area contributed by atoms with Gasteiger partial charge in [-0.15, -0.1) is 0 Å². The van der Waals surface area contributed by atoms with Crippen molar-refractivity contribution in [1.29, 1.82) is 0 Å². The van der Waals surface area contributed by atoms with E-state index in [0.717, 1.165) is 44.4 Å². The van der Waals surface area contributed by atoms with Gasteiger partial charge >= 0.3 is 0 Å². The van der Waals surface area contributed by atoms with Gasteiger partial charge in [0.15, 0.2) is 0 Å². The molecule has 0 aliphatic heterocycles. The van der Waals surface area contributed by atoms with Crippen LogP contribution in [0.25, 0.3) is 66.4 Å². The maximum absolute atomic E-state index is 6.27. The van der Waals surface area contributed by atoms with Gasteiger partial charge in [0, 0.05) is 38.4 Å². The Morgan fingerprint density at radius 3 is 1.70 bits per heavy atom. The molecule has 0 atom stereocenters. The fraction of sp³-hybridized carbons (Fsp3) is 0.111. The molecular formula is C54H41NO. The van der Waals surface area contributed by atoms with Gasteiger partial charge in [-0.25, -0.2) is 0 Å². The van der Waals surface area contributed by atoms with Crippen LogP contribution >= 0.6 is 0 Å². The highest BCUT2D eigenvalue weighted by atomic mass is 16.3. The summed E-state index contributed by atoms with van der Waals surface area (Å²) >= 11 is 0. The molecular weight excluding hydrogens is 679 g/mol. The molecule has 8 aromatic carbocycles. The van der Waals surface area contributed by atoms with Crippen LogP contribution in [0.4, 0.5) is 17.1 Å². The Kier molecular flexibility index (Phi) is 6.98. The lowest BCUT2D eigenvalue weighted by Crippen LogP contribution is -2.16. The van der Waals surface area contributed by atoms with E-state index in [1.165, 1.54) is 61.3 Å². The monoisotopic (exact) mass is 719 g/mol. The molecule has 2 aliphatic carbocycles. The zero-order valence-corrected chi connectivity index (χ0v) is 32.1. The Morgan fingerprint density at radius 2 is 0.911 bits per heavy atom. The smallest absolute Gasteiger partial charge is 0.135 e. The van der Waals surface area contributed by atoms with Gasteiger partial charge in [0.1, 0.15) is 11.2 Å².